The Bertz CT molecular complexity index is 769. The average molecular weight is 398 g/mol. The maximum atomic E-state index is 12.5. The molecule has 1 aliphatic rings. The highest BCUT2D eigenvalue weighted by atomic mass is 16.1. The molecule has 0 radical (unpaired) electrons. The lowest BCUT2D eigenvalue weighted by molar-refractivity contribution is 0.102. The molecule has 0 bridgehead atoms. The molecule has 3 rings (SSSR count). The number of amides is 1. The normalized spacial score (nSPS) is 14.8. The van der Waals surface area contributed by atoms with Crippen LogP contribution < -0.4 is 15.5 Å². The quantitative estimate of drug-likeness (QED) is 0.658. The zero-order valence-electron chi connectivity index (χ0n) is 17.6. The lowest BCUT2D eigenvalue weighted by atomic mass is 10.2. The molecular weight excluding hydrogens is 366 g/mol. The highest BCUT2D eigenvalue weighted by Crippen LogP contribution is 2.19. The molecule has 1 fully saturated rings. The van der Waals surface area contributed by atoms with Gasteiger partial charge in [0.15, 0.2) is 0 Å². The molecule has 0 aliphatic carbocycles. The molecule has 0 atom stereocenters. The van der Waals surface area contributed by atoms with Gasteiger partial charge in [0.1, 0.15) is 0 Å². The first-order valence-corrected chi connectivity index (χ1v) is 10.1. The number of piperazine rings is 1. The molecule has 2 N–H and O–H groups in total. The van der Waals surface area contributed by atoms with Crippen LogP contribution in [0.1, 0.15) is 16.8 Å². The number of nitrogens with one attached hydrogen (secondary N) is 2. The Balaban J connectivity index is 1.49. The molecule has 1 aromatic heterocycles. The van der Waals surface area contributed by atoms with Gasteiger partial charge in [0.25, 0.3) is 5.91 Å². The summed E-state index contributed by atoms with van der Waals surface area (Å²) in [5.74, 6) is 0.327. The van der Waals surface area contributed by atoms with Crippen molar-refractivity contribution in [3.63, 3.8) is 0 Å². The van der Waals surface area contributed by atoms with Gasteiger partial charge in [0, 0.05) is 56.5 Å². The summed E-state index contributed by atoms with van der Waals surface area (Å²) in [4.78, 5) is 27.7. The van der Waals surface area contributed by atoms with E-state index in [4.69, 9.17) is 0 Å². The summed E-state index contributed by atoms with van der Waals surface area (Å²) >= 11 is 0. The third-order valence-corrected chi connectivity index (χ3v) is 4.97. The van der Waals surface area contributed by atoms with Gasteiger partial charge in [-0.2, -0.15) is 0 Å². The van der Waals surface area contributed by atoms with Crippen LogP contribution in [0.3, 0.4) is 0 Å². The number of rotatable bonds is 8. The number of aromatic nitrogens is 2. The minimum Gasteiger partial charge on any atom is -0.369 e. The summed E-state index contributed by atoms with van der Waals surface area (Å²) in [6, 6.07) is 7.98. The molecule has 8 heteroatoms. The van der Waals surface area contributed by atoms with Crippen molar-refractivity contribution >= 4 is 23.2 Å². The van der Waals surface area contributed by atoms with E-state index in [1.54, 1.807) is 12.4 Å². The summed E-state index contributed by atoms with van der Waals surface area (Å²) in [5, 5.41) is 6.08. The van der Waals surface area contributed by atoms with Gasteiger partial charge in [-0.1, -0.05) is 0 Å². The Morgan fingerprint density at radius 2 is 1.72 bits per heavy atom. The lowest BCUT2D eigenvalue weighted by Gasteiger charge is -2.34. The van der Waals surface area contributed by atoms with Crippen molar-refractivity contribution in [2.24, 2.45) is 0 Å². The molecule has 1 amide bonds. The fourth-order valence-corrected chi connectivity index (χ4v) is 3.16. The van der Waals surface area contributed by atoms with Crippen LogP contribution in [0.2, 0.25) is 0 Å². The fourth-order valence-electron chi connectivity index (χ4n) is 3.16. The molecule has 2 heterocycles. The van der Waals surface area contributed by atoms with Crippen LogP contribution in [0.25, 0.3) is 0 Å². The van der Waals surface area contributed by atoms with E-state index in [0.29, 0.717) is 11.5 Å². The van der Waals surface area contributed by atoms with E-state index < -0.39 is 0 Å². The maximum Gasteiger partial charge on any atom is 0.258 e. The van der Waals surface area contributed by atoms with Crippen LogP contribution in [-0.2, 0) is 0 Å². The van der Waals surface area contributed by atoms with Crippen molar-refractivity contribution in [2.45, 2.75) is 6.42 Å². The summed E-state index contributed by atoms with van der Waals surface area (Å²) < 4.78 is 0. The fraction of sp³-hybridized carbons (Fsp3) is 0.476. The van der Waals surface area contributed by atoms with Gasteiger partial charge in [-0.05, 0) is 58.4 Å². The first-order valence-electron chi connectivity index (χ1n) is 10.1. The standard InChI is InChI=1S/C21H31N7O/c1-26(2)10-4-9-22-21-23-15-17(16-24-21)20(29)25-18-5-7-19(8-6-18)28-13-11-27(3)12-14-28/h5-8,15-16H,4,9-14H2,1-3H3,(H,25,29)(H,22,23,24). The van der Waals surface area contributed by atoms with Crippen LogP contribution in [-0.4, -0.2) is 86.1 Å². The van der Waals surface area contributed by atoms with Crippen LogP contribution >= 0.6 is 0 Å². The molecule has 8 nitrogen and oxygen atoms in total. The van der Waals surface area contributed by atoms with E-state index in [1.165, 1.54) is 5.69 Å². The monoisotopic (exact) mass is 397 g/mol. The molecular formula is C21H31N7O. The summed E-state index contributed by atoms with van der Waals surface area (Å²) in [7, 11) is 6.24. The smallest absolute Gasteiger partial charge is 0.258 e. The molecule has 29 heavy (non-hydrogen) atoms. The number of likely N-dealkylation sites (N-methyl/N-ethyl adjacent to an activating group) is 1. The molecule has 0 spiro atoms. The molecule has 1 aromatic carbocycles. The van der Waals surface area contributed by atoms with Gasteiger partial charge in [0.05, 0.1) is 5.56 Å². The second-order valence-electron chi connectivity index (χ2n) is 7.67. The molecule has 156 valence electrons. The van der Waals surface area contributed by atoms with Crippen molar-refractivity contribution in [3.05, 3.63) is 42.2 Å². The number of anilines is 3. The summed E-state index contributed by atoms with van der Waals surface area (Å²) in [5.41, 5.74) is 2.38. The second kappa shape index (κ2) is 10.2. The van der Waals surface area contributed by atoms with Crippen molar-refractivity contribution in [1.82, 2.24) is 19.8 Å². The average Bonchev–Trinajstić information content (AvgIpc) is 2.73. The van der Waals surface area contributed by atoms with E-state index in [9.17, 15) is 4.79 Å². The van der Waals surface area contributed by atoms with E-state index in [1.807, 2.05) is 26.2 Å². The van der Waals surface area contributed by atoms with Gasteiger partial charge in [-0.15, -0.1) is 0 Å². The topological polar surface area (TPSA) is 76.6 Å². The van der Waals surface area contributed by atoms with E-state index in [-0.39, 0.29) is 5.91 Å². The highest BCUT2D eigenvalue weighted by molar-refractivity contribution is 6.03. The Morgan fingerprint density at radius 3 is 2.34 bits per heavy atom. The van der Waals surface area contributed by atoms with Crippen LogP contribution in [0.4, 0.5) is 17.3 Å². The zero-order valence-corrected chi connectivity index (χ0v) is 17.6. The predicted octanol–water partition coefficient (Wildman–Crippen LogP) is 1.84. The molecule has 0 unspecified atom stereocenters. The van der Waals surface area contributed by atoms with E-state index >= 15 is 0 Å². The first-order chi connectivity index (χ1) is 14.0. The number of carbonyl (C=O) groups is 1. The summed E-state index contributed by atoms with van der Waals surface area (Å²) in [6.07, 6.45) is 4.10. The van der Waals surface area contributed by atoms with Gasteiger partial charge >= 0.3 is 0 Å². The molecule has 0 saturated carbocycles. The first kappa shape index (κ1) is 21.0. The van der Waals surface area contributed by atoms with Crippen LogP contribution in [0.5, 0.6) is 0 Å². The predicted molar refractivity (Wildman–Crippen MR) is 118 cm³/mol. The van der Waals surface area contributed by atoms with Gasteiger partial charge in [-0.25, -0.2) is 9.97 Å². The Hall–Kier alpha value is -2.71. The third kappa shape index (κ3) is 6.40. The SMILES string of the molecule is CN(C)CCCNc1ncc(C(=O)Nc2ccc(N3CCN(C)CC3)cc2)cn1. The van der Waals surface area contributed by atoms with Crippen LogP contribution in [0, 0.1) is 0 Å². The number of carbonyl (C=O) groups excluding carboxylic acids is 1. The third-order valence-electron chi connectivity index (χ3n) is 4.97. The maximum absolute atomic E-state index is 12.5. The zero-order chi connectivity index (χ0) is 20.6. The number of nitrogens with zero attached hydrogens (tertiary/aromatic N) is 5. The van der Waals surface area contributed by atoms with E-state index in [0.717, 1.165) is 51.4 Å². The van der Waals surface area contributed by atoms with Crippen molar-refractivity contribution in [1.29, 1.82) is 0 Å². The lowest BCUT2D eigenvalue weighted by Crippen LogP contribution is -2.44. The summed E-state index contributed by atoms with van der Waals surface area (Å²) in [6.45, 7) is 5.98. The second-order valence-corrected chi connectivity index (χ2v) is 7.67. The van der Waals surface area contributed by atoms with Gasteiger partial charge < -0.3 is 25.3 Å². The largest absolute Gasteiger partial charge is 0.369 e. The number of hydrogen-bond acceptors (Lipinski definition) is 7. The van der Waals surface area contributed by atoms with Crippen molar-refractivity contribution < 1.29 is 4.79 Å². The molecule has 1 saturated heterocycles. The molecule has 1 aliphatic heterocycles. The minimum absolute atomic E-state index is 0.212. The van der Waals surface area contributed by atoms with Gasteiger partial charge in [-0.3, -0.25) is 4.79 Å². The molecule has 2 aromatic rings. The van der Waals surface area contributed by atoms with Crippen molar-refractivity contribution in [3.8, 4) is 0 Å². The van der Waals surface area contributed by atoms with Crippen molar-refractivity contribution in [2.75, 3.05) is 75.9 Å². The van der Waals surface area contributed by atoms with Gasteiger partial charge in [0.2, 0.25) is 5.95 Å². The van der Waals surface area contributed by atoms with E-state index in [2.05, 4.69) is 54.5 Å². The minimum atomic E-state index is -0.212. The Labute approximate surface area is 172 Å². The highest BCUT2D eigenvalue weighted by Gasteiger charge is 2.14. The number of benzene rings is 1. The Morgan fingerprint density at radius 1 is 1.07 bits per heavy atom. The Kier molecular flexibility index (Phi) is 7.37. The number of hydrogen-bond donors (Lipinski definition) is 2. The van der Waals surface area contributed by atoms with Crippen LogP contribution in [0.15, 0.2) is 36.7 Å².